The Balaban J connectivity index is 0.000000486. The number of primary amides is 1. The number of phenolic OH excluding ortho intramolecular Hbond substituents is 1. The van der Waals surface area contributed by atoms with Gasteiger partial charge in [0.05, 0.1) is 25.8 Å². The Labute approximate surface area is 303 Å². The van der Waals surface area contributed by atoms with Crippen LogP contribution in [0.2, 0.25) is 0 Å². The largest absolute Gasteiger partial charge is 0.507 e. The number of imidazole rings is 1. The summed E-state index contributed by atoms with van der Waals surface area (Å²) in [5.41, 5.74) is 11.9. The standard InChI is InChI=1S/C21H27N7O14P2.C7H7NO2/c22-17-12-19(25-7-24-17)28(8-26-12)21-16(32)14(30)11(41-21)6-39-44(36,37)42-43(34,35)38-5-10-13(29)15(31)20(40-10)27-3-1-2-9(4-27)18(23)33;9-7-4-2-1-3-6(7)5-8-10/h1-4,7-8,10-11,13-16,20-21,29-32H,5-6H2,(H5-,22,23,24,25,33,34,35,36,37);1-5,9-10H/p+1/b;8-5+/t10-,11-,13-,14-,15-,16-,20-,21-;/m1./s1. The maximum absolute atomic E-state index is 12.4. The number of aliphatic hydroxyl groups is 4. The van der Waals surface area contributed by atoms with Gasteiger partial charge in [-0.05, 0) is 18.2 Å². The SMILES string of the molecule is NC(=O)c1ccc[n+]([C@@H]2O[C@H](COP(=O)(O)OP(=O)(O)OC[C@H]3O[C@@H](n4cnc5c(N)ncnc54)[C@H](O)[C@@H]3O)[C@@H](O)[C@H]2O)c1.O/N=C/c1ccccc1O. The zero-order valence-corrected chi connectivity index (χ0v) is 29.2. The molecule has 3 aromatic heterocycles. The van der Waals surface area contributed by atoms with E-state index in [0.717, 1.165) is 6.33 Å². The third-order valence-corrected chi connectivity index (χ3v) is 10.5. The number of carbonyl (C=O) groups is 1. The smallest absolute Gasteiger partial charge is 0.481 e. The Bertz CT molecular complexity index is 2080. The van der Waals surface area contributed by atoms with E-state index in [-0.39, 0.29) is 28.3 Å². The van der Waals surface area contributed by atoms with Gasteiger partial charge >= 0.3 is 15.6 Å². The van der Waals surface area contributed by atoms with E-state index in [1.54, 1.807) is 18.2 Å². The fourth-order valence-corrected chi connectivity index (χ4v) is 7.33. The van der Waals surface area contributed by atoms with Crippen molar-refractivity contribution in [3.05, 3.63) is 72.6 Å². The minimum atomic E-state index is -5.37. The zero-order chi connectivity index (χ0) is 39.4. The van der Waals surface area contributed by atoms with E-state index in [0.29, 0.717) is 5.56 Å². The topological polar surface area (TPSA) is 371 Å². The summed E-state index contributed by atoms with van der Waals surface area (Å²) in [4.78, 5) is 43.3. The van der Waals surface area contributed by atoms with Crippen LogP contribution in [-0.2, 0) is 32.0 Å². The number of anilines is 1. The summed E-state index contributed by atoms with van der Waals surface area (Å²) in [7, 11) is -10.7. The first kappa shape index (κ1) is 40.7. The van der Waals surface area contributed by atoms with Gasteiger partial charge in [-0.15, -0.1) is 0 Å². The average Bonchev–Trinajstić information content (AvgIpc) is 3.77. The molecule has 2 fully saturated rings. The van der Waals surface area contributed by atoms with E-state index in [1.807, 2.05) is 0 Å². The van der Waals surface area contributed by atoms with Gasteiger partial charge in [0.1, 0.15) is 53.7 Å². The number of ether oxygens (including phenoxy) is 2. The molecule has 54 heavy (non-hydrogen) atoms. The summed E-state index contributed by atoms with van der Waals surface area (Å²) in [6.45, 7) is -1.80. The van der Waals surface area contributed by atoms with Crippen LogP contribution in [0.5, 0.6) is 5.75 Å². The van der Waals surface area contributed by atoms with Crippen LogP contribution in [0, 0.1) is 0 Å². The van der Waals surface area contributed by atoms with E-state index in [9.17, 15) is 44.1 Å². The number of aromatic nitrogens is 5. The van der Waals surface area contributed by atoms with Gasteiger partial charge < -0.3 is 61.5 Å². The van der Waals surface area contributed by atoms with Crippen LogP contribution >= 0.6 is 15.6 Å². The third-order valence-electron chi connectivity index (χ3n) is 7.88. The molecule has 0 saturated carbocycles. The third kappa shape index (κ3) is 9.40. The predicted octanol–water partition coefficient (Wildman–Crippen LogP) is -1.82. The molecule has 5 heterocycles. The van der Waals surface area contributed by atoms with Gasteiger partial charge in [0.25, 0.3) is 12.1 Å². The molecule has 2 aliphatic rings. The second kappa shape index (κ2) is 16.9. The summed E-state index contributed by atoms with van der Waals surface area (Å²) >= 11 is 0. The molecule has 0 bridgehead atoms. The molecule has 1 aromatic carbocycles. The lowest BCUT2D eigenvalue weighted by atomic mass is 10.1. The summed E-state index contributed by atoms with van der Waals surface area (Å²) in [6.07, 6.45) is -5.67. The number of aliphatic hydroxyl groups excluding tert-OH is 4. The minimum absolute atomic E-state index is 0.0505. The summed E-state index contributed by atoms with van der Waals surface area (Å²) in [5, 5.41) is 61.5. The number of nitrogens with two attached hydrogens (primary N) is 2. The lowest BCUT2D eigenvalue weighted by Crippen LogP contribution is -2.46. The quantitative estimate of drug-likeness (QED) is 0.0248. The highest BCUT2D eigenvalue weighted by Gasteiger charge is 2.50. The monoisotopic (exact) mass is 801 g/mol. The Morgan fingerprint density at radius 1 is 0.944 bits per heavy atom. The molecule has 292 valence electrons. The number of nitrogen functional groups attached to an aromatic ring is 1. The highest BCUT2D eigenvalue weighted by molar-refractivity contribution is 7.61. The molecule has 2 saturated heterocycles. The average molecular weight is 802 g/mol. The van der Waals surface area contributed by atoms with E-state index in [2.05, 4.69) is 28.9 Å². The number of para-hydroxylation sites is 1. The van der Waals surface area contributed by atoms with Gasteiger partial charge in [-0.1, -0.05) is 17.3 Å². The van der Waals surface area contributed by atoms with Gasteiger partial charge in [-0.3, -0.25) is 18.4 Å². The van der Waals surface area contributed by atoms with Gasteiger partial charge in [0, 0.05) is 11.6 Å². The van der Waals surface area contributed by atoms with Crippen LogP contribution in [0.1, 0.15) is 28.4 Å². The van der Waals surface area contributed by atoms with Gasteiger partial charge in [0.15, 0.2) is 36.2 Å². The molecule has 2 unspecified atom stereocenters. The number of hydrogen-bond donors (Lipinski definition) is 10. The van der Waals surface area contributed by atoms with Crippen molar-refractivity contribution < 1.29 is 81.9 Å². The molecule has 6 rings (SSSR count). The normalized spacial score (nSPS) is 27.7. The molecular formula is C28H35N8O16P2+. The van der Waals surface area contributed by atoms with Crippen LogP contribution in [-0.4, -0.2) is 122 Å². The number of fused-ring (bicyclic) bond motifs is 1. The number of phenols is 1. The second-order valence-corrected chi connectivity index (χ2v) is 14.5. The maximum atomic E-state index is 12.4. The van der Waals surface area contributed by atoms with Crippen molar-refractivity contribution in [2.45, 2.75) is 49.1 Å². The van der Waals surface area contributed by atoms with Crippen LogP contribution in [0.25, 0.3) is 11.2 Å². The second-order valence-electron chi connectivity index (χ2n) is 11.5. The first-order valence-corrected chi connectivity index (χ1v) is 18.4. The number of aromatic hydroxyl groups is 1. The number of benzene rings is 1. The van der Waals surface area contributed by atoms with Crippen molar-refractivity contribution >= 4 is 44.7 Å². The Kier molecular flexibility index (Phi) is 12.7. The molecule has 0 radical (unpaired) electrons. The molecule has 4 aromatic rings. The molecule has 0 aliphatic carbocycles. The van der Waals surface area contributed by atoms with Crippen molar-refractivity contribution in [2.24, 2.45) is 10.9 Å². The van der Waals surface area contributed by atoms with Crippen molar-refractivity contribution in [1.82, 2.24) is 19.5 Å². The van der Waals surface area contributed by atoms with Crippen LogP contribution < -0.4 is 16.0 Å². The van der Waals surface area contributed by atoms with Crippen molar-refractivity contribution in [3.8, 4) is 5.75 Å². The number of amides is 1. The Morgan fingerprint density at radius 2 is 1.59 bits per heavy atom. The summed E-state index contributed by atoms with van der Waals surface area (Å²) in [5.74, 6) is -0.603. The summed E-state index contributed by atoms with van der Waals surface area (Å²) in [6, 6.07) is 9.45. The highest BCUT2D eigenvalue weighted by Crippen LogP contribution is 2.60. The number of carbonyl (C=O) groups excluding carboxylic acids is 1. The maximum Gasteiger partial charge on any atom is 0.481 e. The lowest BCUT2D eigenvalue weighted by molar-refractivity contribution is -0.765. The molecule has 2 aliphatic heterocycles. The fraction of sp³-hybridized carbons (Fsp3) is 0.357. The first-order valence-electron chi connectivity index (χ1n) is 15.4. The highest BCUT2D eigenvalue weighted by atomic mass is 31.3. The summed E-state index contributed by atoms with van der Waals surface area (Å²) < 4.78 is 52.0. The van der Waals surface area contributed by atoms with Gasteiger partial charge in [0.2, 0.25) is 0 Å². The van der Waals surface area contributed by atoms with E-state index in [1.165, 1.54) is 52.3 Å². The van der Waals surface area contributed by atoms with Crippen molar-refractivity contribution in [1.29, 1.82) is 0 Å². The van der Waals surface area contributed by atoms with Crippen molar-refractivity contribution in [3.63, 3.8) is 0 Å². The number of rotatable bonds is 12. The number of hydrogen-bond acceptors (Lipinski definition) is 19. The van der Waals surface area contributed by atoms with Crippen LogP contribution in [0.15, 0.2) is 66.6 Å². The number of oxime groups is 1. The van der Waals surface area contributed by atoms with E-state index < -0.39 is 83.8 Å². The molecule has 1 amide bonds. The van der Waals surface area contributed by atoms with E-state index in [4.69, 9.17) is 35.8 Å². The Hall–Kier alpha value is -4.52. The van der Waals surface area contributed by atoms with Gasteiger partial charge in [-0.2, -0.15) is 8.88 Å². The van der Waals surface area contributed by atoms with Gasteiger partial charge in [-0.25, -0.2) is 24.1 Å². The van der Waals surface area contributed by atoms with Crippen LogP contribution in [0.4, 0.5) is 5.82 Å². The Morgan fingerprint density at radius 3 is 2.24 bits per heavy atom. The zero-order valence-electron chi connectivity index (χ0n) is 27.5. The molecule has 24 nitrogen and oxygen atoms in total. The fourth-order valence-electron chi connectivity index (χ4n) is 5.23. The first-order chi connectivity index (χ1) is 25.5. The molecule has 0 spiro atoms. The number of pyridine rings is 1. The number of nitrogens with zero attached hydrogens (tertiary/aromatic N) is 6. The lowest BCUT2D eigenvalue weighted by Gasteiger charge is -2.20. The minimum Gasteiger partial charge on any atom is -0.507 e. The molecular weight excluding hydrogens is 766 g/mol. The molecule has 12 N–H and O–H groups in total. The molecule has 10 atom stereocenters. The van der Waals surface area contributed by atoms with E-state index >= 15 is 0 Å². The van der Waals surface area contributed by atoms with Crippen LogP contribution in [0.3, 0.4) is 0 Å². The number of phosphoric ester groups is 2. The molecule has 26 heteroatoms. The van der Waals surface area contributed by atoms with Crippen molar-refractivity contribution in [2.75, 3.05) is 18.9 Å². The number of phosphoric acid groups is 2. The predicted molar refractivity (Wildman–Crippen MR) is 177 cm³/mol.